The Morgan fingerprint density at radius 1 is 1.23 bits per heavy atom. The minimum Gasteiger partial charge on any atom is -0.419 e. The fourth-order valence-corrected chi connectivity index (χ4v) is 3.93. The number of nitriles is 1. The first kappa shape index (κ1) is 20.6. The predicted octanol–water partition coefficient (Wildman–Crippen LogP) is 4.68. The summed E-state index contributed by atoms with van der Waals surface area (Å²) in [6.07, 6.45) is 2.33. The summed E-state index contributed by atoms with van der Waals surface area (Å²) in [5.41, 5.74) is 2.60. The number of aryl methyl sites for hydroxylation is 1. The summed E-state index contributed by atoms with van der Waals surface area (Å²) < 4.78 is 5.78. The Hall–Kier alpha value is -3.70. The molecule has 1 aromatic heterocycles. The van der Waals surface area contributed by atoms with Crippen molar-refractivity contribution in [2.24, 2.45) is 0 Å². The fraction of sp³-hybridized carbons (Fsp3) is 0.304. The normalized spacial score (nSPS) is 14.8. The first-order valence-electron chi connectivity index (χ1n) is 10.3. The zero-order valence-electron chi connectivity index (χ0n) is 17.2. The summed E-state index contributed by atoms with van der Waals surface area (Å²) in [7, 11) is 0. The molecule has 4 rings (SSSR count). The van der Waals surface area contributed by atoms with Crippen LogP contribution in [0.15, 0.2) is 52.9 Å². The highest BCUT2D eigenvalue weighted by molar-refractivity contribution is 5.68. The molecule has 1 aliphatic heterocycles. The van der Waals surface area contributed by atoms with Crippen molar-refractivity contribution in [1.82, 2.24) is 9.88 Å². The molecule has 8 nitrogen and oxygen atoms in total. The Bertz CT molecular complexity index is 1110. The van der Waals surface area contributed by atoms with Gasteiger partial charge in [-0.1, -0.05) is 42.0 Å². The van der Waals surface area contributed by atoms with Crippen molar-refractivity contribution in [3.05, 3.63) is 75.5 Å². The largest absolute Gasteiger partial charge is 0.419 e. The highest BCUT2D eigenvalue weighted by Gasteiger charge is 2.26. The molecule has 1 atom stereocenters. The molecular weight excluding hydrogens is 394 g/mol. The maximum Gasteiger partial charge on any atom is 0.282 e. The van der Waals surface area contributed by atoms with Gasteiger partial charge in [-0.2, -0.15) is 10.2 Å². The molecular formula is C23H23N5O3. The molecule has 1 aliphatic rings. The van der Waals surface area contributed by atoms with Gasteiger partial charge in [-0.3, -0.25) is 15.0 Å². The lowest BCUT2D eigenvalue weighted by molar-refractivity contribution is -0.384. The van der Waals surface area contributed by atoms with E-state index < -0.39 is 4.92 Å². The van der Waals surface area contributed by atoms with Gasteiger partial charge in [0.1, 0.15) is 11.6 Å². The van der Waals surface area contributed by atoms with E-state index in [1.807, 2.05) is 6.07 Å². The van der Waals surface area contributed by atoms with Gasteiger partial charge < -0.3 is 9.73 Å². The topological polar surface area (TPSA) is 108 Å². The van der Waals surface area contributed by atoms with Crippen LogP contribution >= 0.6 is 0 Å². The van der Waals surface area contributed by atoms with Gasteiger partial charge in [0, 0.05) is 12.6 Å². The van der Waals surface area contributed by atoms with Crippen molar-refractivity contribution in [2.45, 2.75) is 25.8 Å². The Labute approximate surface area is 180 Å². The summed E-state index contributed by atoms with van der Waals surface area (Å²) in [4.78, 5) is 17.5. The van der Waals surface area contributed by atoms with Crippen molar-refractivity contribution in [3.63, 3.8) is 0 Å². The Morgan fingerprint density at radius 2 is 1.94 bits per heavy atom. The summed E-state index contributed by atoms with van der Waals surface area (Å²) in [5, 5.41) is 24.1. The predicted molar refractivity (Wildman–Crippen MR) is 117 cm³/mol. The monoisotopic (exact) mass is 417 g/mol. The van der Waals surface area contributed by atoms with Crippen LogP contribution in [0.25, 0.3) is 11.5 Å². The van der Waals surface area contributed by atoms with E-state index in [1.165, 1.54) is 17.2 Å². The van der Waals surface area contributed by atoms with Crippen molar-refractivity contribution in [1.29, 1.82) is 5.26 Å². The second kappa shape index (κ2) is 8.98. The molecule has 0 bridgehead atoms. The van der Waals surface area contributed by atoms with Crippen molar-refractivity contribution >= 4 is 11.6 Å². The van der Waals surface area contributed by atoms with Crippen molar-refractivity contribution in [3.8, 4) is 17.5 Å². The van der Waals surface area contributed by atoms with Crippen LogP contribution in [0.4, 0.5) is 11.6 Å². The molecule has 1 fully saturated rings. The number of rotatable bonds is 7. The van der Waals surface area contributed by atoms with Crippen LogP contribution in [0.2, 0.25) is 0 Å². The van der Waals surface area contributed by atoms with Gasteiger partial charge in [0.15, 0.2) is 0 Å². The quantitative estimate of drug-likeness (QED) is 0.439. The zero-order chi connectivity index (χ0) is 21.8. The first-order chi connectivity index (χ1) is 15.1. The number of nitrogens with one attached hydrogen (secondary N) is 1. The van der Waals surface area contributed by atoms with Gasteiger partial charge in [0.2, 0.25) is 17.5 Å². The number of nitro groups is 1. The summed E-state index contributed by atoms with van der Waals surface area (Å²) in [6, 6.07) is 16.8. The van der Waals surface area contributed by atoms with E-state index in [2.05, 4.69) is 46.4 Å². The fourth-order valence-electron chi connectivity index (χ4n) is 3.93. The van der Waals surface area contributed by atoms with E-state index in [0.717, 1.165) is 25.9 Å². The molecule has 1 N–H and O–H groups in total. The standard InChI is InChI=1S/C23H23N5O3/c1-16-8-10-17(11-9-16)21(27-12-4-5-13-27)15-25-23-19(14-24)26-22(31-23)18-6-2-3-7-20(18)28(29)30/h2-3,6-11,21,25H,4-5,12-13,15H2,1H3. The van der Waals surface area contributed by atoms with Crippen LogP contribution in [-0.4, -0.2) is 34.4 Å². The number of anilines is 1. The van der Waals surface area contributed by atoms with Crippen LogP contribution in [-0.2, 0) is 0 Å². The maximum absolute atomic E-state index is 11.3. The molecule has 0 spiro atoms. The molecule has 158 valence electrons. The maximum atomic E-state index is 11.3. The average Bonchev–Trinajstić information content (AvgIpc) is 3.45. The van der Waals surface area contributed by atoms with E-state index in [4.69, 9.17) is 4.42 Å². The summed E-state index contributed by atoms with van der Waals surface area (Å²) in [6.45, 7) is 4.63. The van der Waals surface area contributed by atoms with Crippen molar-refractivity contribution in [2.75, 3.05) is 25.0 Å². The number of hydrogen-bond acceptors (Lipinski definition) is 7. The third-order valence-electron chi connectivity index (χ3n) is 5.56. The van der Waals surface area contributed by atoms with Crippen LogP contribution in [0.5, 0.6) is 0 Å². The van der Waals surface area contributed by atoms with E-state index in [0.29, 0.717) is 6.54 Å². The molecule has 0 radical (unpaired) electrons. The van der Waals surface area contributed by atoms with Gasteiger partial charge in [-0.05, 0) is 44.5 Å². The van der Waals surface area contributed by atoms with E-state index in [-0.39, 0.29) is 34.8 Å². The smallest absolute Gasteiger partial charge is 0.282 e. The number of aromatic nitrogens is 1. The lowest BCUT2D eigenvalue weighted by Gasteiger charge is -2.28. The van der Waals surface area contributed by atoms with Crippen LogP contribution in [0.1, 0.15) is 35.7 Å². The Kier molecular flexibility index (Phi) is 5.96. The number of hydrogen-bond donors (Lipinski definition) is 1. The minimum atomic E-state index is -0.487. The van der Waals surface area contributed by atoms with Crippen LogP contribution < -0.4 is 5.32 Å². The third-order valence-corrected chi connectivity index (χ3v) is 5.56. The molecule has 0 aliphatic carbocycles. The van der Waals surface area contributed by atoms with E-state index >= 15 is 0 Å². The number of benzene rings is 2. The molecule has 2 heterocycles. The second-order valence-electron chi connectivity index (χ2n) is 7.63. The number of para-hydroxylation sites is 1. The minimum absolute atomic E-state index is 0.0550. The lowest BCUT2D eigenvalue weighted by Crippen LogP contribution is -2.31. The molecule has 2 aromatic carbocycles. The summed E-state index contributed by atoms with van der Waals surface area (Å²) in [5.74, 6) is 0.284. The second-order valence-corrected chi connectivity index (χ2v) is 7.63. The van der Waals surface area contributed by atoms with Crippen LogP contribution in [0.3, 0.4) is 0 Å². The highest BCUT2D eigenvalue weighted by atomic mass is 16.6. The number of nitro benzene ring substituents is 1. The van der Waals surface area contributed by atoms with Gasteiger partial charge in [0.05, 0.1) is 11.0 Å². The highest BCUT2D eigenvalue weighted by Crippen LogP contribution is 2.33. The molecule has 0 amide bonds. The lowest BCUT2D eigenvalue weighted by atomic mass is 10.0. The Morgan fingerprint density at radius 3 is 2.61 bits per heavy atom. The number of nitrogens with zero attached hydrogens (tertiary/aromatic N) is 4. The van der Waals surface area contributed by atoms with Crippen molar-refractivity contribution < 1.29 is 9.34 Å². The molecule has 3 aromatic rings. The summed E-state index contributed by atoms with van der Waals surface area (Å²) >= 11 is 0. The molecule has 31 heavy (non-hydrogen) atoms. The van der Waals surface area contributed by atoms with Crippen LogP contribution in [0, 0.1) is 28.4 Å². The SMILES string of the molecule is Cc1ccc(C(CNc2oc(-c3ccccc3[N+](=O)[O-])nc2C#N)N2CCCC2)cc1. The third kappa shape index (κ3) is 4.42. The van der Waals surface area contributed by atoms with E-state index in [9.17, 15) is 15.4 Å². The molecule has 1 unspecified atom stereocenters. The Balaban J connectivity index is 1.60. The number of oxazole rings is 1. The zero-order valence-corrected chi connectivity index (χ0v) is 17.2. The van der Waals surface area contributed by atoms with E-state index in [1.54, 1.807) is 18.2 Å². The molecule has 8 heteroatoms. The number of likely N-dealkylation sites (tertiary alicyclic amines) is 1. The average molecular weight is 417 g/mol. The van der Waals surface area contributed by atoms with Gasteiger partial charge in [0.25, 0.3) is 5.69 Å². The van der Waals surface area contributed by atoms with Gasteiger partial charge in [-0.25, -0.2) is 0 Å². The van der Waals surface area contributed by atoms with Gasteiger partial charge in [-0.15, -0.1) is 0 Å². The van der Waals surface area contributed by atoms with Gasteiger partial charge >= 0.3 is 0 Å². The molecule has 1 saturated heterocycles. The molecule has 0 saturated carbocycles. The first-order valence-corrected chi connectivity index (χ1v) is 10.3.